The lowest BCUT2D eigenvalue weighted by molar-refractivity contribution is -0.123. The molecule has 0 atom stereocenters. The van der Waals surface area contributed by atoms with Crippen LogP contribution in [0.4, 0.5) is 4.39 Å². The fourth-order valence-corrected chi connectivity index (χ4v) is 3.83. The zero-order valence-electron chi connectivity index (χ0n) is 16.2. The maximum Gasteiger partial charge on any atom is 0.339 e. The number of likely N-dealkylation sites (N-methyl/N-ethyl adjacent to an activating group) is 1. The van der Waals surface area contributed by atoms with Crippen LogP contribution < -0.4 is 5.32 Å². The number of carbonyl (C=O) groups is 2. The van der Waals surface area contributed by atoms with E-state index in [1.54, 1.807) is 30.3 Å². The van der Waals surface area contributed by atoms with E-state index in [4.69, 9.17) is 21.3 Å². The first kappa shape index (κ1) is 20.0. The zero-order chi connectivity index (χ0) is 21.3. The number of rotatable bonds is 4. The lowest BCUT2D eigenvalue weighted by Crippen LogP contribution is -2.25. The van der Waals surface area contributed by atoms with Crippen LogP contribution in [0.15, 0.2) is 42.5 Å². The van der Waals surface area contributed by atoms with Gasteiger partial charge in [0, 0.05) is 18.0 Å². The van der Waals surface area contributed by atoms with Crippen LogP contribution in [-0.4, -0.2) is 30.5 Å². The number of fused-ring (bicyclic) bond motifs is 2. The summed E-state index contributed by atoms with van der Waals surface area (Å²) in [5.74, 6) is -1.40. The Morgan fingerprint density at radius 2 is 2.00 bits per heavy atom. The number of allylic oxidation sites excluding steroid dienone is 1. The van der Waals surface area contributed by atoms with E-state index in [-0.39, 0.29) is 6.61 Å². The molecule has 1 aromatic heterocycles. The Hall–Kier alpha value is -3.25. The molecule has 152 valence electrons. The van der Waals surface area contributed by atoms with Crippen LogP contribution in [-0.2, 0) is 16.0 Å². The number of pyridine rings is 1. The van der Waals surface area contributed by atoms with Crippen molar-refractivity contribution < 1.29 is 18.7 Å². The van der Waals surface area contributed by atoms with Crippen LogP contribution in [0.25, 0.3) is 22.6 Å². The van der Waals surface area contributed by atoms with Gasteiger partial charge in [-0.25, -0.2) is 14.2 Å². The molecule has 4 rings (SSSR count). The van der Waals surface area contributed by atoms with E-state index >= 15 is 0 Å². The third-order valence-corrected chi connectivity index (χ3v) is 5.41. The number of amides is 1. The van der Waals surface area contributed by atoms with E-state index in [1.807, 2.05) is 12.1 Å². The van der Waals surface area contributed by atoms with Gasteiger partial charge in [-0.05, 0) is 48.3 Å². The summed E-state index contributed by atoms with van der Waals surface area (Å²) in [5, 5.41) is 3.38. The van der Waals surface area contributed by atoms with E-state index in [2.05, 4.69) is 5.32 Å². The van der Waals surface area contributed by atoms with Gasteiger partial charge in [-0.1, -0.05) is 35.9 Å². The van der Waals surface area contributed by atoms with Crippen molar-refractivity contribution in [1.82, 2.24) is 10.3 Å². The third kappa shape index (κ3) is 3.66. The minimum Gasteiger partial charge on any atom is -0.452 e. The summed E-state index contributed by atoms with van der Waals surface area (Å²) in [4.78, 5) is 29.1. The summed E-state index contributed by atoms with van der Waals surface area (Å²) in [5.41, 5.74) is 3.45. The number of nitrogens with one attached hydrogen (secondary N) is 1. The molecule has 0 saturated heterocycles. The smallest absolute Gasteiger partial charge is 0.339 e. The highest BCUT2D eigenvalue weighted by Crippen LogP contribution is 2.38. The van der Waals surface area contributed by atoms with Crippen molar-refractivity contribution in [2.75, 3.05) is 13.7 Å². The topological polar surface area (TPSA) is 68.3 Å². The zero-order valence-corrected chi connectivity index (χ0v) is 16.9. The molecular weight excluding hydrogens is 407 g/mol. The van der Waals surface area contributed by atoms with E-state index in [1.165, 1.54) is 13.1 Å². The molecule has 0 fully saturated rings. The van der Waals surface area contributed by atoms with Gasteiger partial charge in [-0.3, -0.25) is 4.79 Å². The summed E-state index contributed by atoms with van der Waals surface area (Å²) >= 11 is 6.18. The number of halogens is 2. The summed E-state index contributed by atoms with van der Waals surface area (Å²) in [7, 11) is 1.47. The molecule has 7 heteroatoms. The molecule has 1 N–H and O–H groups in total. The Morgan fingerprint density at radius 3 is 2.77 bits per heavy atom. The summed E-state index contributed by atoms with van der Waals surface area (Å²) in [6.45, 7) is -0.367. The SMILES string of the molecule is CNC(=O)COC(=O)c1c2c(nc3ccccc13)C(=Cc1c(F)cccc1Cl)CC2. The highest BCUT2D eigenvalue weighted by atomic mass is 35.5. The number of carbonyl (C=O) groups excluding carboxylic acids is 2. The van der Waals surface area contributed by atoms with Gasteiger partial charge >= 0.3 is 5.97 Å². The predicted molar refractivity (Wildman–Crippen MR) is 114 cm³/mol. The number of para-hydroxylation sites is 1. The fraction of sp³-hybridized carbons (Fsp3) is 0.174. The van der Waals surface area contributed by atoms with Gasteiger partial charge in [-0.2, -0.15) is 0 Å². The van der Waals surface area contributed by atoms with Gasteiger partial charge in [0.2, 0.25) is 0 Å². The first-order chi connectivity index (χ1) is 14.5. The highest BCUT2D eigenvalue weighted by molar-refractivity contribution is 6.32. The third-order valence-electron chi connectivity index (χ3n) is 5.08. The Kier molecular flexibility index (Phi) is 5.50. The molecule has 1 aliphatic carbocycles. The molecule has 0 bridgehead atoms. The first-order valence-corrected chi connectivity index (χ1v) is 9.81. The molecular formula is C23H18ClFN2O3. The van der Waals surface area contributed by atoms with Crippen molar-refractivity contribution in [1.29, 1.82) is 0 Å². The average molecular weight is 425 g/mol. The second kappa shape index (κ2) is 8.24. The molecule has 0 aliphatic heterocycles. The molecule has 1 heterocycles. The summed E-state index contributed by atoms with van der Waals surface area (Å²) in [6, 6.07) is 11.8. The molecule has 0 unspecified atom stereocenters. The average Bonchev–Trinajstić information content (AvgIpc) is 3.14. The largest absolute Gasteiger partial charge is 0.452 e. The molecule has 0 radical (unpaired) electrons. The number of benzene rings is 2. The monoisotopic (exact) mass is 424 g/mol. The second-order valence-electron chi connectivity index (χ2n) is 6.89. The molecule has 3 aromatic rings. The summed E-state index contributed by atoms with van der Waals surface area (Å²) in [6.07, 6.45) is 2.82. The maximum absolute atomic E-state index is 14.3. The minimum atomic E-state index is -0.585. The number of ether oxygens (including phenoxy) is 1. The standard InChI is InChI=1S/C23H18ClFN2O3/c1-26-20(28)12-30-23(29)21-14-5-2-3-8-19(14)27-22-13(9-10-15(21)22)11-16-17(24)6-4-7-18(16)25/h2-8,11H,9-10,12H2,1H3,(H,26,28). The van der Waals surface area contributed by atoms with Crippen LogP contribution in [0.3, 0.4) is 0 Å². The van der Waals surface area contributed by atoms with Crippen molar-refractivity contribution >= 4 is 46.0 Å². The van der Waals surface area contributed by atoms with Crippen LogP contribution in [0.5, 0.6) is 0 Å². The number of hydrogen-bond acceptors (Lipinski definition) is 4. The van der Waals surface area contributed by atoms with Crippen molar-refractivity contribution in [3.8, 4) is 0 Å². The van der Waals surface area contributed by atoms with Crippen LogP contribution in [0.2, 0.25) is 5.02 Å². The minimum absolute atomic E-state index is 0.292. The molecule has 5 nitrogen and oxygen atoms in total. The number of esters is 1. The van der Waals surface area contributed by atoms with Crippen molar-refractivity contribution in [2.45, 2.75) is 12.8 Å². The van der Waals surface area contributed by atoms with E-state index in [0.29, 0.717) is 45.6 Å². The molecule has 0 saturated carbocycles. The number of nitrogens with zero attached hydrogens (tertiary/aromatic N) is 1. The highest BCUT2D eigenvalue weighted by Gasteiger charge is 2.28. The molecule has 0 spiro atoms. The quantitative estimate of drug-likeness (QED) is 0.629. The van der Waals surface area contributed by atoms with Crippen LogP contribution in [0, 0.1) is 5.82 Å². The molecule has 1 aliphatic rings. The predicted octanol–water partition coefficient (Wildman–Crippen LogP) is 4.42. The molecule has 1 amide bonds. The van der Waals surface area contributed by atoms with Crippen molar-refractivity contribution in [3.63, 3.8) is 0 Å². The van der Waals surface area contributed by atoms with E-state index < -0.39 is 17.7 Å². The molecule has 2 aromatic carbocycles. The van der Waals surface area contributed by atoms with Gasteiger partial charge in [0.15, 0.2) is 6.61 Å². The van der Waals surface area contributed by atoms with Gasteiger partial charge in [0.25, 0.3) is 5.91 Å². The van der Waals surface area contributed by atoms with Crippen molar-refractivity contribution in [2.24, 2.45) is 0 Å². The Morgan fingerprint density at radius 1 is 1.20 bits per heavy atom. The van der Waals surface area contributed by atoms with Gasteiger partial charge in [-0.15, -0.1) is 0 Å². The van der Waals surface area contributed by atoms with Crippen LogP contribution >= 0.6 is 11.6 Å². The van der Waals surface area contributed by atoms with Gasteiger partial charge < -0.3 is 10.1 Å². The fourth-order valence-electron chi connectivity index (χ4n) is 3.61. The Bertz CT molecular complexity index is 1190. The number of hydrogen-bond donors (Lipinski definition) is 1. The maximum atomic E-state index is 14.3. The van der Waals surface area contributed by atoms with Crippen LogP contribution in [0.1, 0.15) is 33.6 Å². The number of aromatic nitrogens is 1. The summed E-state index contributed by atoms with van der Waals surface area (Å²) < 4.78 is 19.5. The first-order valence-electron chi connectivity index (χ1n) is 9.44. The Labute approximate surface area is 177 Å². The van der Waals surface area contributed by atoms with Gasteiger partial charge in [0.1, 0.15) is 5.82 Å². The van der Waals surface area contributed by atoms with E-state index in [9.17, 15) is 14.0 Å². The Balaban J connectivity index is 1.84. The van der Waals surface area contributed by atoms with Crippen molar-refractivity contribution in [3.05, 3.63) is 75.7 Å². The normalized spacial score (nSPS) is 14.0. The lowest BCUT2D eigenvalue weighted by atomic mass is 10.0. The second-order valence-corrected chi connectivity index (χ2v) is 7.29. The lowest BCUT2D eigenvalue weighted by Gasteiger charge is -2.12. The van der Waals surface area contributed by atoms with Gasteiger partial charge in [0.05, 0.1) is 21.8 Å². The molecule has 30 heavy (non-hydrogen) atoms. The van der Waals surface area contributed by atoms with E-state index in [0.717, 1.165) is 11.1 Å².